The number of guanidine groups is 1. The van der Waals surface area contributed by atoms with Crippen molar-refractivity contribution in [3.63, 3.8) is 0 Å². The largest absolute Gasteiger partial charge is 0.357 e. The Kier molecular flexibility index (Phi) is 8.36. The molecular weight excluding hydrogens is 401 g/mol. The average molecular weight is 433 g/mol. The minimum absolute atomic E-state index is 0. The molecule has 1 aromatic rings. The predicted molar refractivity (Wildman–Crippen MR) is 108 cm³/mol. The van der Waals surface area contributed by atoms with Crippen LogP contribution in [0.15, 0.2) is 4.99 Å². The van der Waals surface area contributed by atoms with Crippen molar-refractivity contribution in [2.75, 3.05) is 26.2 Å². The summed E-state index contributed by atoms with van der Waals surface area (Å²) in [5, 5.41) is 7.93. The second-order valence-electron chi connectivity index (χ2n) is 6.43. The molecule has 0 amide bonds. The minimum atomic E-state index is 0. The molecule has 1 saturated heterocycles. The first kappa shape index (κ1) is 20.3. The van der Waals surface area contributed by atoms with Crippen molar-refractivity contribution in [1.29, 1.82) is 0 Å². The van der Waals surface area contributed by atoms with Gasteiger partial charge in [0.15, 0.2) is 5.96 Å². The van der Waals surface area contributed by atoms with E-state index in [1.54, 1.807) is 0 Å². The zero-order valence-corrected chi connectivity index (χ0v) is 17.6. The molecule has 1 aliphatic heterocycles. The van der Waals surface area contributed by atoms with Crippen molar-refractivity contribution in [3.8, 4) is 0 Å². The molecule has 1 N–H and O–H groups in total. The average Bonchev–Trinajstić information content (AvgIpc) is 2.73. The standard InChI is InChI=1S/C17H31N5.HI/c1-6-18-17(22-11-8-13(2)9-12-22)19-10-7-16-14(3)20-21(5)15(16)4;/h13H,6-12H2,1-5H3,(H,18,19);1H. The Labute approximate surface area is 157 Å². The van der Waals surface area contributed by atoms with E-state index < -0.39 is 0 Å². The molecule has 5 nitrogen and oxygen atoms in total. The maximum absolute atomic E-state index is 4.84. The molecule has 2 heterocycles. The van der Waals surface area contributed by atoms with Crippen LogP contribution in [0.2, 0.25) is 0 Å². The van der Waals surface area contributed by atoms with Gasteiger partial charge in [-0.3, -0.25) is 9.67 Å². The van der Waals surface area contributed by atoms with Gasteiger partial charge in [-0.05, 0) is 51.5 Å². The molecule has 23 heavy (non-hydrogen) atoms. The van der Waals surface area contributed by atoms with Crippen LogP contribution in [0.1, 0.15) is 43.6 Å². The Bertz CT molecular complexity index is 515. The van der Waals surface area contributed by atoms with E-state index in [1.165, 1.54) is 24.1 Å². The monoisotopic (exact) mass is 433 g/mol. The molecule has 0 saturated carbocycles. The Morgan fingerprint density at radius 3 is 2.48 bits per heavy atom. The number of aryl methyl sites for hydroxylation is 2. The summed E-state index contributed by atoms with van der Waals surface area (Å²) < 4.78 is 1.96. The lowest BCUT2D eigenvalue weighted by Crippen LogP contribution is -2.45. The third-order valence-electron chi connectivity index (χ3n) is 4.70. The van der Waals surface area contributed by atoms with Gasteiger partial charge in [0.25, 0.3) is 0 Å². The van der Waals surface area contributed by atoms with Gasteiger partial charge in [-0.15, -0.1) is 24.0 Å². The first-order valence-electron chi connectivity index (χ1n) is 8.55. The number of aromatic nitrogens is 2. The van der Waals surface area contributed by atoms with Crippen molar-refractivity contribution in [3.05, 3.63) is 17.0 Å². The number of halogens is 1. The van der Waals surface area contributed by atoms with E-state index in [1.807, 2.05) is 11.7 Å². The van der Waals surface area contributed by atoms with Crippen molar-refractivity contribution in [2.45, 2.75) is 47.0 Å². The normalized spacial score (nSPS) is 16.4. The molecule has 0 aromatic carbocycles. The summed E-state index contributed by atoms with van der Waals surface area (Å²) in [4.78, 5) is 7.25. The summed E-state index contributed by atoms with van der Waals surface area (Å²) in [6.07, 6.45) is 3.50. The van der Waals surface area contributed by atoms with Gasteiger partial charge in [0, 0.05) is 38.9 Å². The molecule has 1 aliphatic rings. The van der Waals surface area contributed by atoms with Crippen molar-refractivity contribution in [1.82, 2.24) is 20.0 Å². The molecular formula is C17H32IN5. The molecule has 0 aliphatic carbocycles. The van der Waals surface area contributed by atoms with Crippen LogP contribution in [-0.4, -0.2) is 46.8 Å². The Morgan fingerprint density at radius 2 is 1.96 bits per heavy atom. The summed E-state index contributed by atoms with van der Waals surface area (Å²) in [5.74, 6) is 1.92. The van der Waals surface area contributed by atoms with Crippen molar-refractivity contribution >= 4 is 29.9 Å². The van der Waals surface area contributed by atoms with E-state index in [-0.39, 0.29) is 24.0 Å². The second kappa shape index (κ2) is 9.49. The Morgan fingerprint density at radius 1 is 1.30 bits per heavy atom. The van der Waals surface area contributed by atoms with Crippen LogP contribution in [0.3, 0.4) is 0 Å². The second-order valence-corrected chi connectivity index (χ2v) is 6.43. The molecule has 0 radical (unpaired) electrons. The fourth-order valence-corrected chi connectivity index (χ4v) is 3.10. The molecule has 0 bridgehead atoms. The SMILES string of the molecule is CCNC(=NCCc1c(C)nn(C)c1C)N1CCC(C)CC1.I. The van der Waals surface area contributed by atoms with Crippen LogP contribution >= 0.6 is 24.0 Å². The highest BCUT2D eigenvalue weighted by molar-refractivity contribution is 14.0. The first-order chi connectivity index (χ1) is 10.5. The number of piperidine rings is 1. The van der Waals surface area contributed by atoms with E-state index >= 15 is 0 Å². The lowest BCUT2D eigenvalue weighted by Gasteiger charge is -2.33. The summed E-state index contributed by atoms with van der Waals surface area (Å²) in [6.45, 7) is 12.7. The number of aliphatic imine (C=N–C) groups is 1. The van der Waals surface area contributed by atoms with Crippen LogP contribution in [0.4, 0.5) is 0 Å². The number of rotatable bonds is 4. The lowest BCUT2D eigenvalue weighted by molar-refractivity contribution is 0.273. The van der Waals surface area contributed by atoms with Crippen LogP contribution in [-0.2, 0) is 13.5 Å². The molecule has 0 unspecified atom stereocenters. The number of likely N-dealkylation sites (tertiary alicyclic amines) is 1. The van der Waals surface area contributed by atoms with Crippen molar-refractivity contribution < 1.29 is 0 Å². The highest BCUT2D eigenvalue weighted by atomic mass is 127. The smallest absolute Gasteiger partial charge is 0.193 e. The van der Waals surface area contributed by atoms with Gasteiger partial charge in [-0.2, -0.15) is 5.10 Å². The Balaban J connectivity index is 0.00000264. The topological polar surface area (TPSA) is 45.5 Å². The fourth-order valence-electron chi connectivity index (χ4n) is 3.10. The van der Waals surface area contributed by atoms with Gasteiger partial charge >= 0.3 is 0 Å². The highest BCUT2D eigenvalue weighted by Crippen LogP contribution is 2.16. The van der Waals surface area contributed by atoms with Gasteiger partial charge in [-0.25, -0.2) is 0 Å². The van der Waals surface area contributed by atoms with Gasteiger partial charge in [-0.1, -0.05) is 6.92 Å². The maximum Gasteiger partial charge on any atom is 0.193 e. The predicted octanol–water partition coefficient (Wildman–Crippen LogP) is 2.89. The van der Waals surface area contributed by atoms with E-state index in [9.17, 15) is 0 Å². The number of hydrogen-bond donors (Lipinski definition) is 1. The highest BCUT2D eigenvalue weighted by Gasteiger charge is 2.18. The van der Waals surface area contributed by atoms with Crippen molar-refractivity contribution in [2.24, 2.45) is 18.0 Å². The van der Waals surface area contributed by atoms with Gasteiger partial charge in [0.2, 0.25) is 0 Å². The summed E-state index contributed by atoms with van der Waals surface area (Å²) in [6, 6.07) is 0. The van der Waals surface area contributed by atoms with Crippen LogP contribution in [0, 0.1) is 19.8 Å². The van der Waals surface area contributed by atoms with E-state index in [0.29, 0.717) is 0 Å². The first-order valence-corrected chi connectivity index (χ1v) is 8.55. The van der Waals surface area contributed by atoms with Crippen LogP contribution in [0.5, 0.6) is 0 Å². The minimum Gasteiger partial charge on any atom is -0.357 e. The van der Waals surface area contributed by atoms with E-state index in [4.69, 9.17) is 4.99 Å². The van der Waals surface area contributed by atoms with Crippen LogP contribution < -0.4 is 5.32 Å². The number of hydrogen-bond acceptors (Lipinski definition) is 2. The lowest BCUT2D eigenvalue weighted by atomic mass is 10.00. The third kappa shape index (κ3) is 5.36. The quantitative estimate of drug-likeness (QED) is 0.451. The molecule has 1 fully saturated rings. The molecule has 6 heteroatoms. The maximum atomic E-state index is 4.84. The summed E-state index contributed by atoms with van der Waals surface area (Å²) >= 11 is 0. The molecule has 132 valence electrons. The number of nitrogens with one attached hydrogen (secondary N) is 1. The Hall–Kier alpha value is -0.790. The zero-order chi connectivity index (χ0) is 16.1. The zero-order valence-electron chi connectivity index (χ0n) is 15.2. The molecule has 1 aromatic heterocycles. The van der Waals surface area contributed by atoms with Crippen LogP contribution in [0.25, 0.3) is 0 Å². The summed E-state index contributed by atoms with van der Waals surface area (Å²) in [7, 11) is 2.01. The van der Waals surface area contributed by atoms with Gasteiger partial charge in [0.05, 0.1) is 5.69 Å². The van der Waals surface area contributed by atoms with Gasteiger partial charge < -0.3 is 10.2 Å². The molecule has 0 spiro atoms. The van der Waals surface area contributed by atoms with E-state index in [2.05, 4.69) is 43.0 Å². The van der Waals surface area contributed by atoms with Gasteiger partial charge in [0.1, 0.15) is 0 Å². The number of nitrogens with zero attached hydrogens (tertiary/aromatic N) is 4. The molecule has 0 atom stereocenters. The molecule has 2 rings (SSSR count). The fraction of sp³-hybridized carbons (Fsp3) is 0.765. The third-order valence-corrected chi connectivity index (χ3v) is 4.70. The van der Waals surface area contributed by atoms with E-state index in [0.717, 1.165) is 50.2 Å². The summed E-state index contributed by atoms with van der Waals surface area (Å²) in [5.41, 5.74) is 3.73.